The van der Waals surface area contributed by atoms with Gasteiger partial charge in [-0.05, 0) is 42.8 Å². The molecule has 2 aromatic rings. The highest BCUT2D eigenvalue weighted by Gasteiger charge is 2.21. The topological polar surface area (TPSA) is 83.5 Å². The summed E-state index contributed by atoms with van der Waals surface area (Å²) in [7, 11) is -4.07. The molecule has 0 saturated heterocycles. The lowest BCUT2D eigenvalue weighted by Gasteiger charge is -2.11. The fourth-order valence-electron chi connectivity index (χ4n) is 1.83. The van der Waals surface area contributed by atoms with Crippen LogP contribution in [-0.2, 0) is 14.8 Å². The van der Waals surface area contributed by atoms with Crippen molar-refractivity contribution in [1.29, 1.82) is 0 Å². The van der Waals surface area contributed by atoms with Gasteiger partial charge in [0.1, 0.15) is 4.90 Å². The molecule has 0 saturated carbocycles. The van der Waals surface area contributed by atoms with E-state index in [0.29, 0.717) is 0 Å². The normalized spacial score (nSPS) is 11.6. The van der Waals surface area contributed by atoms with Crippen molar-refractivity contribution in [2.45, 2.75) is 11.8 Å². The van der Waals surface area contributed by atoms with Gasteiger partial charge >= 0.3 is 0 Å². The van der Waals surface area contributed by atoms with Crippen LogP contribution in [-0.4, -0.2) is 19.3 Å². The first-order valence-corrected chi connectivity index (χ1v) is 8.92. The fraction of sp³-hybridized carbons (Fsp3) is 0.0625. The largest absolute Gasteiger partial charge is 0.505 e. The summed E-state index contributed by atoms with van der Waals surface area (Å²) < 4.78 is 27.1. The second kappa shape index (κ2) is 7.25. The molecule has 2 aromatic carbocycles. The van der Waals surface area contributed by atoms with Crippen LogP contribution in [0.2, 0.25) is 10.0 Å². The standard InChI is InChI=1S/C16H13Cl2NO4S/c1-10(20)2-3-11-4-6-13(7-5-11)19-24(22,23)15-9-12(17)8-14(18)16(15)21/h2-9,19,21H,1H3/b3-2+. The Bertz CT molecular complexity index is 906. The maximum Gasteiger partial charge on any atom is 0.265 e. The third-order valence-electron chi connectivity index (χ3n) is 2.96. The lowest BCUT2D eigenvalue weighted by molar-refractivity contribution is -0.112. The first kappa shape index (κ1) is 18.3. The Morgan fingerprint density at radius 2 is 1.79 bits per heavy atom. The maximum atomic E-state index is 12.4. The van der Waals surface area contributed by atoms with Gasteiger partial charge in [-0.15, -0.1) is 0 Å². The number of halogens is 2. The van der Waals surface area contributed by atoms with Crippen LogP contribution in [0.5, 0.6) is 5.75 Å². The summed E-state index contributed by atoms with van der Waals surface area (Å²) in [5, 5.41) is 9.78. The lowest BCUT2D eigenvalue weighted by atomic mass is 10.2. The van der Waals surface area contributed by atoms with E-state index in [0.717, 1.165) is 11.6 Å². The van der Waals surface area contributed by atoms with Gasteiger partial charge in [-0.25, -0.2) is 8.42 Å². The molecule has 0 aliphatic carbocycles. The Morgan fingerprint density at radius 1 is 1.17 bits per heavy atom. The first-order chi connectivity index (χ1) is 11.2. The SMILES string of the molecule is CC(=O)/C=C/c1ccc(NS(=O)(=O)c2cc(Cl)cc(Cl)c2O)cc1. The van der Waals surface area contributed by atoms with Crippen LogP contribution in [0.3, 0.4) is 0 Å². The smallest absolute Gasteiger partial charge is 0.265 e. The number of carbonyl (C=O) groups is 1. The summed E-state index contributed by atoms with van der Waals surface area (Å²) >= 11 is 11.5. The zero-order valence-corrected chi connectivity index (χ0v) is 14.8. The second-order valence-corrected chi connectivity index (χ2v) is 7.40. The zero-order chi connectivity index (χ0) is 17.9. The van der Waals surface area contributed by atoms with Crippen molar-refractivity contribution < 1.29 is 18.3 Å². The maximum absolute atomic E-state index is 12.4. The first-order valence-electron chi connectivity index (χ1n) is 6.68. The average Bonchev–Trinajstić information content (AvgIpc) is 2.49. The molecule has 126 valence electrons. The molecule has 0 unspecified atom stereocenters. The van der Waals surface area contributed by atoms with Gasteiger partial charge < -0.3 is 5.11 Å². The number of carbonyl (C=O) groups excluding carboxylic acids is 1. The third kappa shape index (κ3) is 4.50. The Morgan fingerprint density at radius 3 is 2.38 bits per heavy atom. The molecular formula is C16H13Cl2NO4S. The number of sulfonamides is 1. The molecule has 8 heteroatoms. The number of hydrogen-bond acceptors (Lipinski definition) is 4. The van der Waals surface area contributed by atoms with Crippen molar-refractivity contribution >= 4 is 50.8 Å². The van der Waals surface area contributed by atoms with Crippen molar-refractivity contribution in [3.63, 3.8) is 0 Å². The van der Waals surface area contributed by atoms with E-state index < -0.39 is 20.7 Å². The molecule has 5 nitrogen and oxygen atoms in total. The molecule has 0 aliphatic heterocycles. The average molecular weight is 386 g/mol. The van der Waals surface area contributed by atoms with Gasteiger partial charge in [0, 0.05) is 10.7 Å². The molecule has 0 heterocycles. The highest BCUT2D eigenvalue weighted by molar-refractivity contribution is 7.92. The summed E-state index contributed by atoms with van der Waals surface area (Å²) in [5.41, 5.74) is 1.02. The number of ketones is 1. The molecule has 0 fully saturated rings. The fourth-order valence-corrected chi connectivity index (χ4v) is 3.65. The van der Waals surface area contributed by atoms with Gasteiger partial charge in [0.25, 0.3) is 10.0 Å². The number of phenolic OH excluding ortho intramolecular Hbond substituents is 1. The quantitative estimate of drug-likeness (QED) is 0.758. The number of aromatic hydroxyl groups is 1. The molecule has 0 spiro atoms. The van der Waals surface area contributed by atoms with Crippen LogP contribution in [0.25, 0.3) is 6.08 Å². The second-order valence-electron chi connectivity index (χ2n) is 4.91. The van der Waals surface area contributed by atoms with Crippen molar-refractivity contribution in [1.82, 2.24) is 0 Å². The van der Waals surface area contributed by atoms with Gasteiger partial charge in [-0.3, -0.25) is 9.52 Å². The Balaban J connectivity index is 2.28. The molecule has 0 amide bonds. The highest BCUT2D eigenvalue weighted by atomic mass is 35.5. The van der Waals surface area contributed by atoms with E-state index in [-0.39, 0.29) is 21.5 Å². The summed E-state index contributed by atoms with van der Waals surface area (Å²) in [6, 6.07) is 8.69. The minimum atomic E-state index is -4.07. The molecule has 2 N–H and O–H groups in total. The van der Waals surface area contributed by atoms with E-state index in [1.165, 1.54) is 31.2 Å². The van der Waals surface area contributed by atoms with Crippen molar-refractivity contribution in [3.05, 3.63) is 58.1 Å². The van der Waals surface area contributed by atoms with Crippen LogP contribution in [0.4, 0.5) is 5.69 Å². The van der Waals surface area contributed by atoms with Crippen LogP contribution < -0.4 is 4.72 Å². The van der Waals surface area contributed by atoms with E-state index in [2.05, 4.69) is 4.72 Å². The van der Waals surface area contributed by atoms with Gasteiger partial charge in [-0.2, -0.15) is 0 Å². The lowest BCUT2D eigenvalue weighted by Crippen LogP contribution is -2.13. The summed E-state index contributed by atoms with van der Waals surface area (Å²) in [4.78, 5) is 10.5. The number of allylic oxidation sites excluding steroid dienone is 1. The van der Waals surface area contributed by atoms with Gasteiger partial charge in [0.05, 0.1) is 5.02 Å². The van der Waals surface area contributed by atoms with Gasteiger partial charge in [0.15, 0.2) is 11.5 Å². The van der Waals surface area contributed by atoms with Crippen LogP contribution >= 0.6 is 23.2 Å². The number of nitrogens with one attached hydrogen (secondary N) is 1. The monoisotopic (exact) mass is 385 g/mol. The Labute approximate surface area is 149 Å². The number of phenols is 1. The van der Waals surface area contributed by atoms with Gasteiger partial charge in [-0.1, -0.05) is 41.4 Å². The molecule has 0 aliphatic rings. The number of benzene rings is 2. The molecule has 0 radical (unpaired) electrons. The highest BCUT2D eigenvalue weighted by Crippen LogP contribution is 2.35. The number of anilines is 1. The molecule has 0 aromatic heterocycles. The Kier molecular flexibility index (Phi) is 5.54. The molecule has 24 heavy (non-hydrogen) atoms. The van der Waals surface area contributed by atoms with E-state index in [1.54, 1.807) is 18.2 Å². The molecule has 0 atom stereocenters. The Hall–Kier alpha value is -2.02. The molecule has 0 bridgehead atoms. The molecule has 2 rings (SSSR count). The van der Waals surface area contributed by atoms with E-state index in [9.17, 15) is 18.3 Å². The molecular weight excluding hydrogens is 373 g/mol. The van der Waals surface area contributed by atoms with Crippen LogP contribution in [0.15, 0.2) is 47.4 Å². The van der Waals surface area contributed by atoms with E-state index in [1.807, 2.05) is 0 Å². The minimum Gasteiger partial charge on any atom is -0.505 e. The van der Waals surface area contributed by atoms with Crippen molar-refractivity contribution in [3.8, 4) is 5.75 Å². The van der Waals surface area contributed by atoms with Crippen molar-refractivity contribution in [2.24, 2.45) is 0 Å². The summed E-state index contributed by atoms with van der Waals surface area (Å²) in [5.74, 6) is -0.664. The van der Waals surface area contributed by atoms with E-state index >= 15 is 0 Å². The summed E-state index contributed by atoms with van der Waals surface area (Å²) in [6.07, 6.45) is 3.02. The number of rotatable bonds is 5. The number of hydrogen-bond donors (Lipinski definition) is 2. The van der Waals surface area contributed by atoms with Crippen LogP contribution in [0, 0.1) is 0 Å². The third-order valence-corrected chi connectivity index (χ3v) is 4.86. The van der Waals surface area contributed by atoms with Crippen LogP contribution in [0.1, 0.15) is 12.5 Å². The summed E-state index contributed by atoms with van der Waals surface area (Å²) in [6.45, 7) is 1.43. The minimum absolute atomic E-state index is 0.0860. The van der Waals surface area contributed by atoms with E-state index in [4.69, 9.17) is 23.2 Å². The predicted molar refractivity (Wildman–Crippen MR) is 95.1 cm³/mol. The van der Waals surface area contributed by atoms with Gasteiger partial charge in [0.2, 0.25) is 0 Å². The zero-order valence-electron chi connectivity index (χ0n) is 12.5. The predicted octanol–water partition coefficient (Wildman–Crippen LogP) is 4.10. The van der Waals surface area contributed by atoms with Crippen molar-refractivity contribution in [2.75, 3.05) is 4.72 Å².